The van der Waals surface area contributed by atoms with Gasteiger partial charge in [-0.3, -0.25) is 4.99 Å². The van der Waals surface area contributed by atoms with Crippen LogP contribution < -0.4 is 27.4 Å². The number of ether oxygens (including phenoxy) is 1. The zero-order valence-corrected chi connectivity index (χ0v) is 16.8. The van der Waals surface area contributed by atoms with Gasteiger partial charge < -0.3 is 37.3 Å². The molecule has 0 spiro atoms. The van der Waals surface area contributed by atoms with E-state index in [1.54, 1.807) is 0 Å². The lowest BCUT2D eigenvalue weighted by Crippen LogP contribution is -2.52. The Balaban J connectivity index is 2.19. The number of nitrogens with zero attached hydrogens (tertiary/aromatic N) is 3. The molecule has 0 aliphatic carbocycles. The molecular weight excluding hydrogens is 396 g/mol. The molecule has 0 fully saturated rings. The molecule has 13 nitrogen and oxygen atoms in total. The van der Waals surface area contributed by atoms with Crippen LogP contribution in [-0.2, 0) is 9.53 Å². The number of amides is 3. The molecule has 0 aromatic heterocycles. The van der Waals surface area contributed by atoms with Crippen molar-refractivity contribution in [1.82, 2.24) is 20.9 Å². The van der Waals surface area contributed by atoms with E-state index in [1.165, 1.54) is 6.20 Å². The maximum atomic E-state index is 12.8. The van der Waals surface area contributed by atoms with Crippen LogP contribution in [0.15, 0.2) is 21.9 Å². The number of carboxylic acids is 1. The van der Waals surface area contributed by atoms with Crippen molar-refractivity contribution in [3.8, 4) is 0 Å². The molecule has 166 valence electrons. The third-order valence-corrected chi connectivity index (χ3v) is 4.35. The van der Waals surface area contributed by atoms with Crippen LogP contribution in [0.5, 0.6) is 0 Å². The van der Waals surface area contributed by atoms with Gasteiger partial charge in [0.1, 0.15) is 6.04 Å². The average molecular weight is 424 g/mol. The molecule has 0 bridgehead atoms. The number of carbonyl (C=O) groups is 3. The third-order valence-electron chi connectivity index (χ3n) is 4.35. The number of fused-ring (bicyclic) bond motifs is 1. The van der Waals surface area contributed by atoms with Crippen LogP contribution in [0.3, 0.4) is 0 Å². The third kappa shape index (κ3) is 6.25. The number of rotatable bonds is 10. The molecule has 1 unspecified atom stereocenters. The summed E-state index contributed by atoms with van der Waals surface area (Å²) in [5, 5.41) is 17.6. The van der Waals surface area contributed by atoms with Gasteiger partial charge in [0.25, 0.3) is 0 Å². The number of aliphatic carboxylic acids is 1. The first-order chi connectivity index (χ1) is 14.3. The van der Waals surface area contributed by atoms with Gasteiger partial charge in [0.2, 0.25) is 5.96 Å². The Hall–Kier alpha value is -3.51. The zero-order valence-electron chi connectivity index (χ0n) is 16.8. The van der Waals surface area contributed by atoms with E-state index in [1.807, 2.05) is 6.92 Å². The van der Waals surface area contributed by atoms with Gasteiger partial charge in [-0.25, -0.2) is 24.3 Å². The van der Waals surface area contributed by atoms with Crippen molar-refractivity contribution < 1.29 is 24.2 Å². The average Bonchev–Trinajstić information content (AvgIpc) is 3.09. The second kappa shape index (κ2) is 10.9. The first kappa shape index (κ1) is 22.8. The molecule has 8 N–H and O–H groups in total. The van der Waals surface area contributed by atoms with Crippen LogP contribution in [0.25, 0.3) is 0 Å². The van der Waals surface area contributed by atoms with Gasteiger partial charge in [-0.2, -0.15) is 0 Å². The SMILES string of the molecule is CCCCCOC(=O)N(C1=NC2NC(=O)NC=C2N1)[C@H](CCCN=C(N)N)C(=O)O. The number of guanidine groups is 2. The van der Waals surface area contributed by atoms with Crippen molar-refractivity contribution in [3.05, 3.63) is 11.9 Å². The number of hydrogen-bond donors (Lipinski definition) is 6. The summed E-state index contributed by atoms with van der Waals surface area (Å²) in [4.78, 5) is 45.3. The number of urea groups is 1. The van der Waals surface area contributed by atoms with Gasteiger partial charge in [0, 0.05) is 12.7 Å². The normalized spacial score (nSPS) is 17.9. The van der Waals surface area contributed by atoms with E-state index < -0.39 is 30.3 Å². The van der Waals surface area contributed by atoms with Crippen LogP contribution in [-0.4, -0.2) is 65.4 Å². The van der Waals surface area contributed by atoms with Gasteiger partial charge in [0.05, 0.1) is 12.3 Å². The number of hydrogen-bond acceptors (Lipinski definition) is 7. The Labute approximate surface area is 173 Å². The molecule has 0 aromatic rings. The quantitative estimate of drug-likeness (QED) is 0.154. The molecular formula is C17H28N8O5. The fourth-order valence-electron chi connectivity index (χ4n) is 2.88. The van der Waals surface area contributed by atoms with E-state index in [0.717, 1.165) is 17.7 Å². The Kier molecular flexibility index (Phi) is 8.26. The monoisotopic (exact) mass is 424 g/mol. The van der Waals surface area contributed by atoms with Crippen molar-refractivity contribution in [2.24, 2.45) is 21.5 Å². The van der Waals surface area contributed by atoms with Gasteiger partial charge in [-0.05, 0) is 19.3 Å². The fourth-order valence-corrected chi connectivity index (χ4v) is 2.88. The maximum Gasteiger partial charge on any atom is 0.417 e. The lowest BCUT2D eigenvalue weighted by atomic mass is 10.1. The number of carboxylic acid groups (broad SMARTS) is 1. The molecule has 30 heavy (non-hydrogen) atoms. The molecule has 0 saturated carbocycles. The van der Waals surface area contributed by atoms with Crippen LogP contribution in [0.4, 0.5) is 9.59 Å². The predicted molar refractivity (Wildman–Crippen MR) is 108 cm³/mol. The summed E-state index contributed by atoms with van der Waals surface area (Å²) in [7, 11) is 0. The smallest absolute Gasteiger partial charge is 0.417 e. The lowest BCUT2D eigenvalue weighted by molar-refractivity contribution is -0.141. The Bertz CT molecular complexity index is 746. The van der Waals surface area contributed by atoms with Crippen molar-refractivity contribution in [3.63, 3.8) is 0 Å². The number of unbranched alkanes of at least 4 members (excludes halogenated alkanes) is 2. The minimum atomic E-state index is -1.27. The maximum absolute atomic E-state index is 12.8. The van der Waals surface area contributed by atoms with Gasteiger partial charge in [-0.1, -0.05) is 19.8 Å². The summed E-state index contributed by atoms with van der Waals surface area (Å²) in [6.07, 6.45) is 2.66. The summed E-state index contributed by atoms with van der Waals surface area (Å²) in [5.74, 6) is -1.36. The Morgan fingerprint density at radius 1 is 1.37 bits per heavy atom. The van der Waals surface area contributed by atoms with E-state index in [0.29, 0.717) is 18.5 Å². The van der Waals surface area contributed by atoms with Gasteiger partial charge >= 0.3 is 18.1 Å². The molecule has 3 amide bonds. The fraction of sp³-hybridized carbons (Fsp3) is 0.588. The first-order valence-electron chi connectivity index (χ1n) is 9.69. The summed E-state index contributed by atoms with van der Waals surface area (Å²) in [6.45, 7) is 2.38. The second-order valence-electron chi connectivity index (χ2n) is 6.69. The molecule has 0 aromatic carbocycles. The summed E-state index contributed by atoms with van der Waals surface area (Å²) >= 11 is 0. The molecule has 2 aliphatic rings. The predicted octanol–water partition coefficient (Wildman–Crippen LogP) is -0.438. The van der Waals surface area contributed by atoms with Crippen LogP contribution in [0.1, 0.15) is 39.0 Å². The van der Waals surface area contributed by atoms with Crippen molar-refractivity contribution >= 4 is 30.0 Å². The largest absolute Gasteiger partial charge is 0.480 e. The topological polar surface area (TPSA) is 197 Å². The van der Waals surface area contributed by atoms with Crippen LogP contribution in [0.2, 0.25) is 0 Å². The molecule has 13 heteroatoms. The molecule has 0 radical (unpaired) electrons. The number of nitrogens with one attached hydrogen (secondary N) is 3. The number of carbonyl (C=O) groups excluding carboxylic acids is 2. The molecule has 2 atom stereocenters. The lowest BCUT2D eigenvalue weighted by Gasteiger charge is -2.27. The number of nitrogens with two attached hydrogens (primary N) is 2. The van der Waals surface area contributed by atoms with Gasteiger partial charge in [0.15, 0.2) is 12.1 Å². The van der Waals surface area contributed by atoms with E-state index in [9.17, 15) is 19.5 Å². The van der Waals surface area contributed by atoms with E-state index in [-0.39, 0.29) is 31.5 Å². The van der Waals surface area contributed by atoms with Crippen LogP contribution in [0, 0.1) is 0 Å². The second-order valence-corrected chi connectivity index (χ2v) is 6.69. The Morgan fingerprint density at radius 2 is 2.13 bits per heavy atom. The van der Waals surface area contributed by atoms with E-state index in [2.05, 4.69) is 25.9 Å². The molecule has 0 saturated heterocycles. The minimum absolute atomic E-state index is 0.0232. The van der Waals surface area contributed by atoms with E-state index >= 15 is 0 Å². The highest BCUT2D eigenvalue weighted by atomic mass is 16.6. The standard InChI is InChI=1S/C17H28N8O5/c1-2-3-4-8-30-17(29)25(11(13(26)27)6-5-7-20-14(18)19)15-22-10-9-21-16(28)24-12(10)23-15/h9,11-12H,2-8H2,1H3,(H,22,23)(H,26,27)(H4,18,19,20)(H2,21,24,28)/t11-,12?/m1/s1. The summed E-state index contributed by atoms with van der Waals surface area (Å²) < 4.78 is 5.28. The highest BCUT2D eigenvalue weighted by Crippen LogP contribution is 2.18. The zero-order chi connectivity index (χ0) is 22.1. The molecule has 2 aliphatic heterocycles. The minimum Gasteiger partial charge on any atom is -0.480 e. The van der Waals surface area contributed by atoms with Crippen molar-refractivity contribution in [2.45, 2.75) is 51.2 Å². The molecule has 2 heterocycles. The van der Waals surface area contributed by atoms with Crippen LogP contribution >= 0.6 is 0 Å². The highest BCUT2D eigenvalue weighted by Gasteiger charge is 2.39. The number of aliphatic imine (C=N–C) groups is 2. The van der Waals surface area contributed by atoms with Crippen molar-refractivity contribution in [1.29, 1.82) is 0 Å². The summed E-state index contributed by atoms with van der Waals surface area (Å²) in [6, 6.07) is -1.73. The highest BCUT2D eigenvalue weighted by molar-refractivity contribution is 6.00. The molecule has 2 rings (SSSR count). The Morgan fingerprint density at radius 3 is 2.80 bits per heavy atom. The summed E-state index contributed by atoms with van der Waals surface area (Å²) in [5.41, 5.74) is 11.0. The first-order valence-corrected chi connectivity index (χ1v) is 9.69. The van der Waals surface area contributed by atoms with Gasteiger partial charge in [-0.15, -0.1) is 0 Å². The van der Waals surface area contributed by atoms with Crippen molar-refractivity contribution in [2.75, 3.05) is 13.2 Å². The van der Waals surface area contributed by atoms with E-state index in [4.69, 9.17) is 16.2 Å².